The highest BCUT2D eigenvalue weighted by atomic mass is 16.3. The van der Waals surface area contributed by atoms with Crippen LogP contribution in [0.5, 0.6) is 5.75 Å². The minimum absolute atomic E-state index is 0.0138. The molecule has 0 bridgehead atoms. The quantitative estimate of drug-likeness (QED) is 0.184. The van der Waals surface area contributed by atoms with E-state index in [1.165, 1.54) is 48.8 Å². The molecule has 41 heavy (non-hydrogen) atoms. The minimum atomic E-state index is -0.192. The molecule has 0 saturated carbocycles. The molecule has 8 aromatic rings. The summed E-state index contributed by atoms with van der Waals surface area (Å²) >= 11 is 0. The normalized spacial score (nSPS) is 11.6. The van der Waals surface area contributed by atoms with E-state index in [-0.39, 0.29) is 11.5 Å². The van der Waals surface area contributed by atoms with Gasteiger partial charge in [-0.05, 0) is 77.5 Å². The number of ketones is 1. The van der Waals surface area contributed by atoms with Crippen LogP contribution in [0.3, 0.4) is 0 Å². The van der Waals surface area contributed by atoms with Gasteiger partial charge in [-0.15, -0.1) is 0 Å². The molecule has 1 N–H and O–H groups in total. The fraction of sp³-hybridized carbons (Fsp3) is 0. The zero-order chi connectivity index (χ0) is 27.5. The number of rotatable bonds is 4. The van der Waals surface area contributed by atoms with E-state index in [1.54, 1.807) is 18.2 Å². The van der Waals surface area contributed by atoms with Crippen LogP contribution in [0.25, 0.3) is 65.3 Å². The molecule has 0 aromatic heterocycles. The topological polar surface area (TPSA) is 37.3 Å². The third-order valence-corrected chi connectivity index (χ3v) is 8.33. The summed E-state index contributed by atoms with van der Waals surface area (Å²) in [5, 5.41) is 20.3. The lowest BCUT2D eigenvalue weighted by Crippen LogP contribution is -2.01. The van der Waals surface area contributed by atoms with E-state index in [4.69, 9.17) is 0 Å². The third kappa shape index (κ3) is 3.62. The Kier molecular flexibility index (Phi) is 5.16. The molecule has 0 atom stereocenters. The van der Waals surface area contributed by atoms with Crippen molar-refractivity contribution >= 4 is 48.9 Å². The van der Waals surface area contributed by atoms with Crippen molar-refractivity contribution in [1.82, 2.24) is 0 Å². The summed E-state index contributed by atoms with van der Waals surface area (Å²) < 4.78 is 0. The molecule has 0 spiro atoms. The van der Waals surface area contributed by atoms with Crippen LogP contribution in [-0.2, 0) is 0 Å². The number of carbonyl (C=O) groups is 1. The number of hydrogen-bond acceptors (Lipinski definition) is 2. The van der Waals surface area contributed by atoms with Gasteiger partial charge >= 0.3 is 0 Å². The third-order valence-electron chi connectivity index (χ3n) is 8.33. The average Bonchev–Trinajstić information content (AvgIpc) is 3.03. The standard InChI is InChI=1S/C39H24O2/c40-36-22-17-28(23-35(36)39(41)27-8-2-1-3-9-27)30-18-13-25-16-21-34-32(19-14-26-15-20-33(30)37(25)38(26)34)31-12-6-10-24-7-4-5-11-29(24)31/h1-23,40H. The zero-order valence-electron chi connectivity index (χ0n) is 22.1. The van der Waals surface area contributed by atoms with Crippen LogP contribution in [0.15, 0.2) is 140 Å². The molecule has 8 aromatic carbocycles. The lowest BCUT2D eigenvalue weighted by Gasteiger charge is -2.17. The van der Waals surface area contributed by atoms with Crippen LogP contribution in [-0.4, -0.2) is 10.9 Å². The van der Waals surface area contributed by atoms with E-state index in [0.717, 1.165) is 16.5 Å². The number of phenolic OH excluding ortho intramolecular Hbond substituents is 1. The highest BCUT2D eigenvalue weighted by Crippen LogP contribution is 2.43. The Morgan fingerprint density at radius 3 is 1.85 bits per heavy atom. The van der Waals surface area contributed by atoms with Gasteiger partial charge in [-0.2, -0.15) is 0 Å². The summed E-state index contributed by atoms with van der Waals surface area (Å²) in [6, 6.07) is 47.1. The van der Waals surface area contributed by atoms with Crippen molar-refractivity contribution in [3.05, 3.63) is 151 Å². The van der Waals surface area contributed by atoms with Crippen molar-refractivity contribution in [2.24, 2.45) is 0 Å². The van der Waals surface area contributed by atoms with Crippen molar-refractivity contribution in [1.29, 1.82) is 0 Å². The molecule has 2 nitrogen and oxygen atoms in total. The number of aromatic hydroxyl groups is 1. The molecule has 8 rings (SSSR count). The van der Waals surface area contributed by atoms with Gasteiger partial charge in [-0.25, -0.2) is 0 Å². The Morgan fingerprint density at radius 1 is 0.463 bits per heavy atom. The lowest BCUT2D eigenvalue weighted by atomic mass is 9.86. The summed E-state index contributed by atoms with van der Waals surface area (Å²) in [5.41, 5.74) is 5.23. The van der Waals surface area contributed by atoms with Gasteiger partial charge in [0.2, 0.25) is 0 Å². The number of phenols is 1. The van der Waals surface area contributed by atoms with Gasteiger partial charge in [-0.1, -0.05) is 127 Å². The molecule has 0 fully saturated rings. The Hall–Kier alpha value is -5.47. The van der Waals surface area contributed by atoms with E-state index in [1.807, 2.05) is 30.3 Å². The van der Waals surface area contributed by atoms with Gasteiger partial charge < -0.3 is 5.11 Å². The lowest BCUT2D eigenvalue weighted by molar-refractivity contribution is 0.103. The summed E-state index contributed by atoms with van der Waals surface area (Å²) in [4.78, 5) is 13.3. The molecule has 0 aliphatic carbocycles. The Morgan fingerprint density at radius 2 is 1.07 bits per heavy atom. The molecule has 0 aliphatic heterocycles. The maximum absolute atomic E-state index is 13.3. The predicted octanol–water partition coefficient (Wildman–Crippen LogP) is 10.0. The van der Waals surface area contributed by atoms with Gasteiger partial charge in [0, 0.05) is 5.56 Å². The first-order valence-corrected chi connectivity index (χ1v) is 13.8. The highest BCUT2D eigenvalue weighted by Gasteiger charge is 2.18. The molecule has 0 amide bonds. The monoisotopic (exact) mass is 524 g/mol. The maximum atomic E-state index is 13.3. The molecule has 0 unspecified atom stereocenters. The van der Waals surface area contributed by atoms with E-state index >= 15 is 0 Å². The Bertz CT molecular complexity index is 2270. The molecule has 2 heteroatoms. The summed E-state index contributed by atoms with van der Waals surface area (Å²) in [5.74, 6) is -0.206. The fourth-order valence-electron chi connectivity index (χ4n) is 6.38. The molecule has 0 heterocycles. The van der Waals surface area contributed by atoms with Crippen LogP contribution in [0.1, 0.15) is 15.9 Å². The van der Waals surface area contributed by atoms with E-state index in [0.29, 0.717) is 11.1 Å². The van der Waals surface area contributed by atoms with Gasteiger partial charge in [0.25, 0.3) is 0 Å². The minimum Gasteiger partial charge on any atom is -0.507 e. The SMILES string of the molecule is O=C(c1ccccc1)c1cc(-c2ccc3ccc4c(-c5cccc6ccccc56)ccc5ccc2c3c54)ccc1O. The van der Waals surface area contributed by atoms with Crippen molar-refractivity contribution in [2.75, 3.05) is 0 Å². The molecule has 0 radical (unpaired) electrons. The van der Waals surface area contributed by atoms with E-state index < -0.39 is 0 Å². The number of benzene rings is 8. The molecule has 0 aliphatic rings. The van der Waals surface area contributed by atoms with Gasteiger partial charge in [0.1, 0.15) is 5.75 Å². The first-order valence-electron chi connectivity index (χ1n) is 13.8. The number of carbonyl (C=O) groups excluding carboxylic acids is 1. The van der Waals surface area contributed by atoms with Crippen LogP contribution < -0.4 is 0 Å². The van der Waals surface area contributed by atoms with Crippen LogP contribution >= 0.6 is 0 Å². The molecule has 0 saturated heterocycles. The van der Waals surface area contributed by atoms with Gasteiger partial charge in [-0.3, -0.25) is 4.79 Å². The molecular weight excluding hydrogens is 500 g/mol. The fourth-order valence-corrected chi connectivity index (χ4v) is 6.38. The maximum Gasteiger partial charge on any atom is 0.196 e. The predicted molar refractivity (Wildman–Crippen MR) is 170 cm³/mol. The first-order chi connectivity index (χ1) is 20.2. The summed E-state index contributed by atoms with van der Waals surface area (Å²) in [6.07, 6.45) is 0. The smallest absolute Gasteiger partial charge is 0.196 e. The zero-order valence-corrected chi connectivity index (χ0v) is 22.1. The van der Waals surface area contributed by atoms with Crippen LogP contribution in [0.2, 0.25) is 0 Å². The van der Waals surface area contributed by atoms with E-state index in [9.17, 15) is 9.90 Å². The number of hydrogen-bond donors (Lipinski definition) is 1. The Labute approximate surface area is 237 Å². The van der Waals surface area contributed by atoms with Gasteiger partial charge in [0.15, 0.2) is 5.78 Å². The first kappa shape index (κ1) is 23.4. The Balaban J connectivity index is 1.37. The van der Waals surface area contributed by atoms with Crippen molar-refractivity contribution in [3.8, 4) is 28.0 Å². The van der Waals surface area contributed by atoms with Crippen molar-refractivity contribution in [2.45, 2.75) is 0 Å². The van der Waals surface area contributed by atoms with Gasteiger partial charge in [0.05, 0.1) is 5.56 Å². The second-order valence-electron chi connectivity index (χ2n) is 10.6. The summed E-state index contributed by atoms with van der Waals surface area (Å²) in [7, 11) is 0. The van der Waals surface area contributed by atoms with Crippen molar-refractivity contribution in [3.63, 3.8) is 0 Å². The van der Waals surface area contributed by atoms with E-state index in [2.05, 4.69) is 91.0 Å². The molecule has 192 valence electrons. The van der Waals surface area contributed by atoms with Crippen LogP contribution in [0, 0.1) is 0 Å². The summed E-state index contributed by atoms with van der Waals surface area (Å²) in [6.45, 7) is 0. The van der Waals surface area contributed by atoms with Crippen molar-refractivity contribution < 1.29 is 9.90 Å². The second-order valence-corrected chi connectivity index (χ2v) is 10.6. The average molecular weight is 525 g/mol. The van der Waals surface area contributed by atoms with Crippen LogP contribution in [0.4, 0.5) is 0 Å². The highest BCUT2D eigenvalue weighted by molar-refractivity contribution is 6.28. The largest absolute Gasteiger partial charge is 0.507 e. The second kappa shape index (κ2) is 9.04. The molecular formula is C39H24O2. The number of fused-ring (bicyclic) bond motifs is 1.